The van der Waals surface area contributed by atoms with Crippen molar-refractivity contribution in [2.75, 3.05) is 12.3 Å². The van der Waals surface area contributed by atoms with Crippen molar-refractivity contribution >= 4 is 39.0 Å². The average Bonchev–Trinajstić information content (AvgIpc) is 3.16. The zero-order valence-corrected chi connectivity index (χ0v) is 17.6. The molecule has 5 nitrogen and oxygen atoms in total. The highest BCUT2D eigenvalue weighted by Crippen LogP contribution is 2.17. The highest BCUT2D eigenvalue weighted by molar-refractivity contribution is 7.98. The summed E-state index contributed by atoms with van der Waals surface area (Å²) in [5.74, 6) is 0.309. The molecule has 1 atom stereocenters. The average molecular weight is 431 g/mol. The molecule has 2 rings (SSSR count). The Bertz CT molecular complexity index is 839. The lowest BCUT2D eigenvalue weighted by molar-refractivity contribution is -0.123. The first kappa shape index (κ1) is 21.9. The number of carbonyl (C=O) groups is 1. The van der Waals surface area contributed by atoms with Crippen LogP contribution in [0.1, 0.15) is 19.4 Å². The number of amides is 1. The lowest BCUT2D eigenvalue weighted by Crippen LogP contribution is -2.49. The predicted octanol–water partition coefficient (Wildman–Crippen LogP) is 3.24. The second-order valence-corrected chi connectivity index (χ2v) is 10.2. The van der Waals surface area contributed by atoms with Crippen LogP contribution in [-0.2, 0) is 20.6 Å². The molecule has 27 heavy (non-hydrogen) atoms. The number of hydrogen-bond donors (Lipinski definition) is 2. The zero-order valence-electron chi connectivity index (χ0n) is 15.1. The molecule has 0 bridgehead atoms. The maximum Gasteiger partial charge on any atom is 0.250 e. The number of sulfonamides is 1. The summed E-state index contributed by atoms with van der Waals surface area (Å²) >= 11 is 2.60. The maximum atomic E-state index is 13.5. The first-order valence-electron chi connectivity index (χ1n) is 8.46. The summed E-state index contributed by atoms with van der Waals surface area (Å²) in [6.45, 7) is 3.95. The summed E-state index contributed by atoms with van der Waals surface area (Å²) in [5, 5.41) is 4.43. The lowest BCUT2D eigenvalue weighted by Gasteiger charge is -2.21. The molecule has 0 fully saturated rings. The molecule has 2 N–H and O–H groups in total. The van der Waals surface area contributed by atoms with E-state index in [4.69, 9.17) is 0 Å². The van der Waals surface area contributed by atoms with Crippen LogP contribution in [0, 0.1) is 11.7 Å². The predicted molar refractivity (Wildman–Crippen MR) is 109 cm³/mol. The van der Waals surface area contributed by atoms with Gasteiger partial charge in [0.25, 0.3) is 10.0 Å². The highest BCUT2D eigenvalue weighted by Gasteiger charge is 2.28. The number of rotatable bonds is 10. The van der Waals surface area contributed by atoms with E-state index in [-0.39, 0.29) is 21.9 Å². The number of hydrogen-bond acceptors (Lipinski definition) is 5. The first-order chi connectivity index (χ1) is 12.8. The molecule has 9 heteroatoms. The topological polar surface area (TPSA) is 75.3 Å². The van der Waals surface area contributed by atoms with E-state index in [2.05, 4.69) is 10.0 Å². The Hall–Kier alpha value is -1.42. The van der Waals surface area contributed by atoms with Crippen molar-refractivity contribution in [3.05, 3.63) is 53.2 Å². The Balaban J connectivity index is 1.82. The van der Waals surface area contributed by atoms with Crippen LogP contribution in [0.15, 0.2) is 46.0 Å². The molecule has 148 valence electrons. The minimum atomic E-state index is -3.72. The van der Waals surface area contributed by atoms with Gasteiger partial charge in [0, 0.05) is 18.1 Å². The quantitative estimate of drug-likeness (QED) is 0.568. The van der Waals surface area contributed by atoms with Gasteiger partial charge in [-0.05, 0) is 29.0 Å². The Morgan fingerprint density at radius 1 is 1.22 bits per heavy atom. The number of benzene rings is 1. The van der Waals surface area contributed by atoms with E-state index in [9.17, 15) is 17.6 Å². The van der Waals surface area contributed by atoms with Crippen molar-refractivity contribution in [2.24, 2.45) is 5.92 Å². The molecular weight excluding hydrogens is 407 g/mol. The second kappa shape index (κ2) is 10.2. The van der Waals surface area contributed by atoms with E-state index in [1.807, 2.05) is 0 Å². The van der Waals surface area contributed by atoms with Crippen LogP contribution >= 0.6 is 23.1 Å². The molecule has 1 amide bonds. The fourth-order valence-corrected chi connectivity index (χ4v) is 5.49. The van der Waals surface area contributed by atoms with Gasteiger partial charge < -0.3 is 5.32 Å². The molecule has 1 aromatic carbocycles. The van der Waals surface area contributed by atoms with Crippen LogP contribution in [0.4, 0.5) is 4.39 Å². The summed E-state index contributed by atoms with van der Waals surface area (Å²) in [6.07, 6.45) is 0. The molecule has 0 aliphatic carbocycles. The minimum Gasteiger partial charge on any atom is -0.354 e. The van der Waals surface area contributed by atoms with Crippen molar-refractivity contribution in [3.8, 4) is 0 Å². The van der Waals surface area contributed by atoms with Crippen LogP contribution in [0.5, 0.6) is 0 Å². The van der Waals surface area contributed by atoms with Crippen molar-refractivity contribution < 1.29 is 17.6 Å². The number of thioether (sulfide) groups is 1. The Morgan fingerprint density at radius 2 is 1.96 bits per heavy atom. The van der Waals surface area contributed by atoms with Crippen molar-refractivity contribution in [2.45, 2.75) is 29.9 Å². The van der Waals surface area contributed by atoms with E-state index < -0.39 is 16.1 Å². The van der Waals surface area contributed by atoms with Gasteiger partial charge in [0.15, 0.2) is 0 Å². The molecule has 0 aliphatic heterocycles. The molecular formula is C18H23FN2O3S3. The lowest BCUT2D eigenvalue weighted by atomic mass is 10.1. The number of halogens is 1. The van der Waals surface area contributed by atoms with E-state index in [1.165, 1.54) is 23.9 Å². The van der Waals surface area contributed by atoms with Gasteiger partial charge in [0.2, 0.25) is 5.91 Å². The van der Waals surface area contributed by atoms with Gasteiger partial charge in [-0.25, -0.2) is 12.8 Å². The van der Waals surface area contributed by atoms with E-state index in [0.29, 0.717) is 23.6 Å². The van der Waals surface area contributed by atoms with E-state index in [0.717, 1.165) is 11.3 Å². The third-order valence-corrected chi connectivity index (χ3v) is 7.60. The molecule has 2 aromatic rings. The van der Waals surface area contributed by atoms with Crippen molar-refractivity contribution in [1.82, 2.24) is 10.0 Å². The molecule has 0 saturated heterocycles. The fourth-order valence-electron chi connectivity index (χ4n) is 2.29. The van der Waals surface area contributed by atoms with Crippen molar-refractivity contribution in [3.63, 3.8) is 0 Å². The molecule has 0 saturated carbocycles. The van der Waals surface area contributed by atoms with Crippen LogP contribution in [-0.4, -0.2) is 32.7 Å². The molecule has 1 unspecified atom stereocenters. The van der Waals surface area contributed by atoms with Gasteiger partial charge in [-0.1, -0.05) is 38.1 Å². The Kier molecular flexibility index (Phi) is 8.28. The van der Waals surface area contributed by atoms with Gasteiger partial charge in [-0.3, -0.25) is 4.79 Å². The minimum absolute atomic E-state index is 0.182. The second-order valence-electron chi connectivity index (χ2n) is 6.21. The van der Waals surface area contributed by atoms with Gasteiger partial charge in [-0.15, -0.1) is 11.3 Å². The maximum absolute atomic E-state index is 13.5. The normalized spacial score (nSPS) is 12.9. The SMILES string of the molecule is CC(C)C(NS(=O)(=O)c1cccs1)C(=O)NCCSCc1ccccc1F. The zero-order chi connectivity index (χ0) is 19.9. The monoisotopic (exact) mass is 430 g/mol. The van der Waals surface area contributed by atoms with Crippen LogP contribution in [0.3, 0.4) is 0 Å². The highest BCUT2D eigenvalue weighted by atomic mass is 32.2. The number of thiophene rings is 1. The van der Waals surface area contributed by atoms with Gasteiger partial charge in [0.05, 0.1) is 0 Å². The van der Waals surface area contributed by atoms with Crippen LogP contribution in [0.2, 0.25) is 0 Å². The molecule has 0 aliphatic rings. The summed E-state index contributed by atoms with van der Waals surface area (Å²) in [5.41, 5.74) is 0.623. The number of carbonyl (C=O) groups excluding carboxylic acids is 1. The van der Waals surface area contributed by atoms with Gasteiger partial charge in [-0.2, -0.15) is 16.5 Å². The standard InChI is InChI=1S/C18H23FN2O3S3/c1-13(2)17(21-27(23,24)16-8-5-10-26-16)18(22)20-9-11-25-12-14-6-3-4-7-15(14)19/h3-8,10,13,17,21H,9,11-12H2,1-2H3,(H,20,22). The summed E-state index contributed by atoms with van der Waals surface area (Å²) in [7, 11) is -3.72. The van der Waals surface area contributed by atoms with Crippen LogP contribution in [0.25, 0.3) is 0 Å². The van der Waals surface area contributed by atoms with E-state index in [1.54, 1.807) is 43.5 Å². The molecule has 1 heterocycles. The Morgan fingerprint density at radius 3 is 2.59 bits per heavy atom. The summed E-state index contributed by atoms with van der Waals surface area (Å²) < 4.78 is 40.9. The third kappa shape index (κ3) is 6.60. The van der Waals surface area contributed by atoms with Gasteiger partial charge >= 0.3 is 0 Å². The van der Waals surface area contributed by atoms with Gasteiger partial charge in [0.1, 0.15) is 16.1 Å². The number of nitrogens with one attached hydrogen (secondary N) is 2. The largest absolute Gasteiger partial charge is 0.354 e. The molecule has 0 radical (unpaired) electrons. The first-order valence-corrected chi connectivity index (χ1v) is 12.0. The van der Waals surface area contributed by atoms with Crippen LogP contribution < -0.4 is 10.0 Å². The fraction of sp³-hybridized carbons (Fsp3) is 0.389. The molecule has 1 aromatic heterocycles. The Labute approximate surface area is 167 Å². The summed E-state index contributed by atoms with van der Waals surface area (Å²) in [4.78, 5) is 12.4. The smallest absolute Gasteiger partial charge is 0.250 e. The summed E-state index contributed by atoms with van der Waals surface area (Å²) in [6, 6.07) is 8.88. The van der Waals surface area contributed by atoms with E-state index >= 15 is 0 Å². The molecule has 0 spiro atoms. The third-order valence-electron chi connectivity index (χ3n) is 3.75. The van der Waals surface area contributed by atoms with Crippen molar-refractivity contribution in [1.29, 1.82) is 0 Å².